The first-order valence-corrected chi connectivity index (χ1v) is 8.89. The molecule has 0 atom stereocenters. The fraction of sp³-hybridized carbons (Fsp3) is 0. The van der Waals surface area contributed by atoms with Gasteiger partial charge < -0.3 is 9.84 Å². The third-order valence-corrected chi connectivity index (χ3v) is 4.02. The Labute approximate surface area is 135 Å². The minimum Gasteiger partial charge on any atom is -0.404 e. The summed E-state index contributed by atoms with van der Waals surface area (Å²) in [5.41, 5.74) is 2.56. The molecular formula is C14H12N3O4PS. The van der Waals surface area contributed by atoms with Gasteiger partial charge in [0.25, 0.3) is 0 Å². The Balaban J connectivity index is 1.70. The summed E-state index contributed by atoms with van der Waals surface area (Å²) in [7, 11) is -4.54. The van der Waals surface area contributed by atoms with Crippen LogP contribution in [-0.4, -0.2) is 19.8 Å². The second kappa shape index (κ2) is 6.47. The fourth-order valence-electron chi connectivity index (χ4n) is 1.85. The molecule has 0 aliphatic carbocycles. The molecule has 0 saturated heterocycles. The molecule has 0 bridgehead atoms. The van der Waals surface area contributed by atoms with Crippen molar-refractivity contribution < 1.29 is 18.9 Å². The van der Waals surface area contributed by atoms with E-state index in [1.165, 1.54) is 23.5 Å². The van der Waals surface area contributed by atoms with Crippen molar-refractivity contribution in [3.05, 3.63) is 54.2 Å². The molecular weight excluding hydrogens is 337 g/mol. The Morgan fingerprint density at radius 2 is 1.78 bits per heavy atom. The van der Waals surface area contributed by atoms with E-state index in [1.54, 1.807) is 24.5 Å². The summed E-state index contributed by atoms with van der Waals surface area (Å²) in [5.74, 6) is 0.0977. The van der Waals surface area contributed by atoms with E-state index >= 15 is 0 Å². The second-order valence-corrected chi connectivity index (χ2v) is 6.53. The van der Waals surface area contributed by atoms with Crippen LogP contribution in [0.4, 0.5) is 10.8 Å². The summed E-state index contributed by atoms with van der Waals surface area (Å²) < 4.78 is 15.2. The predicted molar refractivity (Wildman–Crippen MR) is 87.7 cm³/mol. The quantitative estimate of drug-likeness (QED) is 0.606. The van der Waals surface area contributed by atoms with E-state index in [0.29, 0.717) is 5.13 Å². The van der Waals surface area contributed by atoms with Crippen LogP contribution in [0.5, 0.6) is 5.75 Å². The molecule has 3 aromatic rings. The number of rotatable bonds is 5. The minimum atomic E-state index is -4.54. The van der Waals surface area contributed by atoms with E-state index in [1.807, 2.05) is 17.5 Å². The smallest absolute Gasteiger partial charge is 0.404 e. The van der Waals surface area contributed by atoms with Gasteiger partial charge in [0.1, 0.15) is 5.75 Å². The maximum atomic E-state index is 10.8. The number of hydrogen-bond acceptors (Lipinski definition) is 6. The molecule has 118 valence electrons. The Morgan fingerprint density at radius 3 is 2.43 bits per heavy atom. The molecule has 3 N–H and O–H groups in total. The number of benzene rings is 1. The third kappa shape index (κ3) is 4.37. The predicted octanol–water partition coefficient (Wildman–Crippen LogP) is 3.42. The maximum absolute atomic E-state index is 10.8. The Bertz CT molecular complexity index is 833. The summed E-state index contributed by atoms with van der Waals surface area (Å²) in [4.78, 5) is 25.9. The Hall–Kier alpha value is -2.25. The van der Waals surface area contributed by atoms with Crippen LogP contribution < -0.4 is 9.84 Å². The highest BCUT2D eigenvalue weighted by Gasteiger charge is 2.15. The van der Waals surface area contributed by atoms with Crippen LogP contribution in [0.15, 0.2) is 54.2 Å². The molecule has 9 heteroatoms. The highest BCUT2D eigenvalue weighted by atomic mass is 32.1. The van der Waals surface area contributed by atoms with Gasteiger partial charge in [0.2, 0.25) is 0 Å². The van der Waals surface area contributed by atoms with Crippen LogP contribution in [0.25, 0.3) is 11.3 Å². The van der Waals surface area contributed by atoms with Crippen LogP contribution in [0.3, 0.4) is 0 Å². The van der Waals surface area contributed by atoms with E-state index < -0.39 is 7.82 Å². The molecule has 2 heterocycles. The third-order valence-electron chi connectivity index (χ3n) is 2.81. The van der Waals surface area contributed by atoms with E-state index in [9.17, 15) is 4.57 Å². The molecule has 2 aromatic heterocycles. The molecule has 0 aliphatic heterocycles. The molecule has 0 saturated carbocycles. The monoisotopic (exact) mass is 349 g/mol. The second-order valence-electron chi connectivity index (χ2n) is 4.51. The molecule has 23 heavy (non-hydrogen) atoms. The van der Waals surface area contributed by atoms with Crippen molar-refractivity contribution in [3.63, 3.8) is 0 Å². The van der Waals surface area contributed by atoms with Crippen molar-refractivity contribution in [2.24, 2.45) is 0 Å². The molecule has 0 amide bonds. The standard InChI is InChI=1S/C14H12N3O4PS/c18-22(19,20)21-12-3-1-11(2-4-12)16-14-17-13(9-23-14)10-5-7-15-8-6-10/h1-9H,(H,16,17)(H2,18,19,20). The zero-order chi connectivity index (χ0) is 16.3. The Morgan fingerprint density at radius 1 is 1.09 bits per heavy atom. The van der Waals surface area contributed by atoms with Crippen LogP contribution >= 0.6 is 19.2 Å². The SMILES string of the molecule is O=P(O)(O)Oc1ccc(Nc2nc(-c3ccncc3)cs2)cc1. The number of hydrogen-bond donors (Lipinski definition) is 3. The number of anilines is 2. The normalized spacial score (nSPS) is 11.2. The molecule has 0 aliphatic rings. The average Bonchev–Trinajstić information content (AvgIpc) is 2.97. The van der Waals surface area contributed by atoms with Gasteiger partial charge in [0.05, 0.1) is 5.69 Å². The van der Waals surface area contributed by atoms with E-state index in [0.717, 1.165) is 16.9 Å². The van der Waals surface area contributed by atoms with E-state index in [2.05, 4.69) is 19.8 Å². The van der Waals surface area contributed by atoms with Crippen molar-refractivity contribution in [3.8, 4) is 17.0 Å². The number of phosphoric acid groups is 1. The first-order valence-electron chi connectivity index (χ1n) is 6.48. The maximum Gasteiger partial charge on any atom is 0.524 e. The molecule has 7 nitrogen and oxygen atoms in total. The number of nitrogens with one attached hydrogen (secondary N) is 1. The number of pyridine rings is 1. The van der Waals surface area contributed by atoms with Crippen LogP contribution in [0.1, 0.15) is 0 Å². The van der Waals surface area contributed by atoms with Gasteiger partial charge in [-0.1, -0.05) is 0 Å². The highest BCUT2D eigenvalue weighted by Crippen LogP contribution is 2.38. The van der Waals surface area contributed by atoms with Gasteiger partial charge in [-0.25, -0.2) is 9.55 Å². The number of nitrogens with zero attached hydrogens (tertiary/aromatic N) is 2. The summed E-state index contributed by atoms with van der Waals surface area (Å²) in [6.45, 7) is 0. The van der Waals surface area contributed by atoms with E-state index in [-0.39, 0.29) is 5.75 Å². The lowest BCUT2D eigenvalue weighted by Crippen LogP contribution is -1.92. The first-order chi connectivity index (χ1) is 11.0. The van der Waals surface area contributed by atoms with E-state index in [4.69, 9.17) is 9.79 Å². The molecule has 0 radical (unpaired) electrons. The molecule has 0 unspecified atom stereocenters. The summed E-state index contributed by atoms with van der Waals surface area (Å²) in [6.07, 6.45) is 3.42. The van der Waals surface area contributed by atoms with Crippen molar-refractivity contribution in [2.75, 3.05) is 5.32 Å². The van der Waals surface area contributed by atoms with Crippen molar-refractivity contribution >= 4 is 30.0 Å². The van der Waals surface area contributed by atoms with Crippen molar-refractivity contribution in [2.45, 2.75) is 0 Å². The van der Waals surface area contributed by atoms with Gasteiger partial charge >= 0.3 is 7.82 Å². The zero-order valence-corrected chi connectivity index (χ0v) is 13.4. The average molecular weight is 349 g/mol. The fourth-order valence-corrected chi connectivity index (χ4v) is 2.98. The molecule has 3 rings (SSSR count). The van der Waals surface area contributed by atoms with Gasteiger partial charge in [-0.2, -0.15) is 0 Å². The first kappa shape index (κ1) is 15.6. The summed E-state index contributed by atoms with van der Waals surface area (Å²) in [6, 6.07) is 10.0. The van der Waals surface area contributed by atoms with Crippen LogP contribution in [-0.2, 0) is 4.57 Å². The topological polar surface area (TPSA) is 105 Å². The van der Waals surface area contributed by atoms with Gasteiger partial charge in [0, 0.05) is 29.0 Å². The number of aromatic nitrogens is 2. The van der Waals surface area contributed by atoms with Crippen molar-refractivity contribution in [1.29, 1.82) is 0 Å². The van der Waals surface area contributed by atoms with Crippen molar-refractivity contribution in [1.82, 2.24) is 9.97 Å². The van der Waals surface area contributed by atoms with Gasteiger partial charge in [-0.15, -0.1) is 11.3 Å². The largest absolute Gasteiger partial charge is 0.524 e. The lowest BCUT2D eigenvalue weighted by atomic mass is 10.2. The zero-order valence-electron chi connectivity index (χ0n) is 11.7. The number of phosphoric ester groups is 1. The molecule has 1 aromatic carbocycles. The van der Waals surface area contributed by atoms with Crippen LogP contribution in [0.2, 0.25) is 0 Å². The summed E-state index contributed by atoms with van der Waals surface area (Å²) in [5, 5.41) is 5.77. The molecule has 0 spiro atoms. The molecule has 0 fully saturated rings. The number of thiazole rings is 1. The Kier molecular flexibility index (Phi) is 4.40. The summed E-state index contributed by atoms with van der Waals surface area (Å²) >= 11 is 1.46. The minimum absolute atomic E-state index is 0.0977. The lowest BCUT2D eigenvalue weighted by molar-refractivity contribution is 0.283. The van der Waals surface area contributed by atoms with Gasteiger partial charge in [-0.3, -0.25) is 14.8 Å². The highest BCUT2D eigenvalue weighted by molar-refractivity contribution is 7.46. The lowest BCUT2D eigenvalue weighted by Gasteiger charge is -2.07. The van der Waals surface area contributed by atoms with Crippen LogP contribution in [0, 0.1) is 0 Å². The van der Waals surface area contributed by atoms with Gasteiger partial charge in [-0.05, 0) is 36.4 Å². The van der Waals surface area contributed by atoms with Gasteiger partial charge in [0.15, 0.2) is 5.13 Å².